The summed E-state index contributed by atoms with van der Waals surface area (Å²) in [5, 5.41) is 8.97. The molecular weight excluding hydrogens is 250 g/mol. The number of carbonyl (C=O) groups is 1. The number of aromatic carboxylic acids is 1. The Balaban J connectivity index is 2.04. The van der Waals surface area contributed by atoms with E-state index in [0.717, 1.165) is 24.2 Å². The molecule has 0 aromatic heterocycles. The number of rotatable bonds is 5. The van der Waals surface area contributed by atoms with Crippen LogP contribution >= 0.6 is 0 Å². The lowest BCUT2D eigenvalue weighted by Crippen LogP contribution is -2.18. The van der Waals surface area contributed by atoms with Gasteiger partial charge in [0.15, 0.2) is 0 Å². The fraction of sp³-hybridized carbons (Fsp3) is 0.235. The van der Waals surface area contributed by atoms with Crippen LogP contribution in [-0.2, 0) is 13.1 Å². The highest BCUT2D eigenvalue weighted by atomic mass is 16.4. The zero-order chi connectivity index (χ0) is 14.5. The van der Waals surface area contributed by atoms with Crippen molar-refractivity contribution in [3.63, 3.8) is 0 Å². The van der Waals surface area contributed by atoms with Crippen molar-refractivity contribution in [2.75, 3.05) is 7.05 Å². The highest BCUT2D eigenvalue weighted by Crippen LogP contribution is 2.14. The first-order chi connectivity index (χ1) is 9.56. The highest BCUT2D eigenvalue weighted by molar-refractivity contribution is 5.87. The van der Waals surface area contributed by atoms with Crippen LogP contribution < -0.4 is 0 Å². The first-order valence-electron chi connectivity index (χ1n) is 6.61. The average Bonchev–Trinajstić information content (AvgIpc) is 2.42. The zero-order valence-corrected chi connectivity index (χ0v) is 11.8. The molecule has 0 saturated heterocycles. The molecule has 0 aliphatic heterocycles. The Morgan fingerprint density at radius 2 is 1.80 bits per heavy atom. The Labute approximate surface area is 119 Å². The van der Waals surface area contributed by atoms with E-state index in [0.29, 0.717) is 5.56 Å². The van der Waals surface area contributed by atoms with Gasteiger partial charge in [-0.25, -0.2) is 4.79 Å². The molecule has 0 saturated carbocycles. The van der Waals surface area contributed by atoms with E-state index >= 15 is 0 Å². The summed E-state index contributed by atoms with van der Waals surface area (Å²) in [5.41, 5.74) is 3.80. The van der Waals surface area contributed by atoms with Crippen LogP contribution in [0.25, 0.3) is 0 Å². The van der Waals surface area contributed by atoms with Crippen molar-refractivity contribution in [1.29, 1.82) is 0 Å². The van der Waals surface area contributed by atoms with Crippen LogP contribution in [-0.4, -0.2) is 23.0 Å². The van der Waals surface area contributed by atoms with Gasteiger partial charge < -0.3 is 5.11 Å². The van der Waals surface area contributed by atoms with E-state index in [9.17, 15) is 4.79 Å². The van der Waals surface area contributed by atoms with Gasteiger partial charge in [0.05, 0.1) is 5.56 Å². The summed E-state index contributed by atoms with van der Waals surface area (Å²) < 4.78 is 0. The van der Waals surface area contributed by atoms with Crippen LogP contribution in [0.2, 0.25) is 0 Å². The molecule has 0 unspecified atom stereocenters. The van der Waals surface area contributed by atoms with Crippen LogP contribution in [0.5, 0.6) is 0 Å². The van der Waals surface area contributed by atoms with Crippen molar-refractivity contribution < 1.29 is 9.90 Å². The van der Waals surface area contributed by atoms with Gasteiger partial charge in [-0.2, -0.15) is 0 Å². The predicted molar refractivity (Wildman–Crippen MR) is 79.8 cm³/mol. The van der Waals surface area contributed by atoms with E-state index in [1.165, 1.54) is 5.56 Å². The van der Waals surface area contributed by atoms with Gasteiger partial charge in [-0.05, 0) is 42.8 Å². The number of carboxylic acid groups (broad SMARTS) is 1. The van der Waals surface area contributed by atoms with E-state index in [2.05, 4.69) is 24.1 Å². The number of hydrogen-bond acceptors (Lipinski definition) is 2. The molecule has 3 nitrogen and oxygen atoms in total. The van der Waals surface area contributed by atoms with Crippen LogP contribution in [0.4, 0.5) is 0 Å². The minimum absolute atomic E-state index is 0.344. The molecule has 2 rings (SSSR count). The summed E-state index contributed by atoms with van der Waals surface area (Å²) in [5.74, 6) is -0.878. The van der Waals surface area contributed by atoms with E-state index in [1.807, 2.05) is 31.2 Å². The van der Waals surface area contributed by atoms with Gasteiger partial charge in [-0.3, -0.25) is 4.90 Å². The molecule has 0 fully saturated rings. The van der Waals surface area contributed by atoms with E-state index in [-0.39, 0.29) is 0 Å². The summed E-state index contributed by atoms with van der Waals surface area (Å²) >= 11 is 0. The molecule has 0 spiro atoms. The van der Waals surface area contributed by atoms with Crippen molar-refractivity contribution in [2.24, 2.45) is 0 Å². The second-order valence-electron chi connectivity index (χ2n) is 5.10. The highest BCUT2D eigenvalue weighted by Gasteiger charge is 2.08. The van der Waals surface area contributed by atoms with Crippen molar-refractivity contribution in [3.8, 4) is 0 Å². The SMILES string of the molecule is Cc1cc(C(=O)O)ccc1CN(C)Cc1ccccc1. The fourth-order valence-corrected chi connectivity index (χ4v) is 2.25. The Bertz CT molecular complexity index is 593. The summed E-state index contributed by atoms with van der Waals surface area (Å²) in [6.45, 7) is 3.64. The molecule has 2 aromatic carbocycles. The van der Waals surface area contributed by atoms with Crippen molar-refractivity contribution in [2.45, 2.75) is 20.0 Å². The lowest BCUT2D eigenvalue weighted by Gasteiger charge is -2.18. The maximum Gasteiger partial charge on any atom is 0.335 e. The maximum atomic E-state index is 10.9. The summed E-state index contributed by atoms with van der Waals surface area (Å²) in [6, 6.07) is 15.6. The predicted octanol–water partition coefficient (Wildman–Crippen LogP) is 3.33. The second-order valence-corrected chi connectivity index (χ2v) is 5.10. The molecular formula is C17H19NO2. The molecule has 0 bridgehead atoms. The molecule has 2 aromatic rings. The summed E-state index contributed by atoms with van der Waals surface area (Å²) in [4.78, 5) is 13.1. The van der Waals surface area contributed by atoms with Gasteiger partial charge in [0.1, 0.15) is 0 Å². The van der Waals surface area contributed by atoms with E-state index in [4.69, 9.17) is 5.11 Å². The van der Waals surface area contributed by atoms with Gasteiger partial charge in [0, 0.05) is 13.1 Å². The summed E-state index contributed by atoms with van der Waals surface area (Å²) in [6.07, 6.45) is 0. The number of hydrogen-bond donors (Lipinski definition) is 1. The Morgan fingerprint density at radius 3 is 2.40 bits per heavy atom. The lowest BCUT2D eigenvalue weighted by atomic mass is 10.0. The third-order valence-corrected chi connectivity index (χ3v) is 3.33. The van der Waals surface area contributed by atoms with Gasteiger partial charge >= 0.3 is 5.97 Å². The molecule has 1 N–H and O–H groups in total. The topological polar surface area (TPSA) is 40.5 Å². The molecule has 3 heteroatoms. The normalized spacial score (nSPS) is 10.8. The monoisotopic (exact) mass is 269 g/mol. The average molecular weight is 269 g/mol. The van der Waals surface area contributed by atoms with Crippen LogP contribution in [0, 0.1) is 6.92 Å². The fourth-order valence-electron chi connectivity index (χ4n) is 2.25. The lowest BCUT2D eigenvalue weighted by molar-refractivity contribution is 0.0696. The Morgan fingerprint density at radius 1 is 1.10 bits per heavy atom. The van der Waals surface area contributed by atoms with E-state index < -0.39 is 5.97 Å². The van der Waals surface area contributed by atoms with Crippen LogP contribution in [0.1, 0.15) is 27.0 Å². The standard InChI is InChI=1S/C17H19NO2/c1-13-10-15(17(19)20)8-9-16(13)12-18(2)11-14-6-4-3-5-7-14/h3-10H,11-12H2,1-2H3,(H,19,20). The number of benzene rings is 2. The van der Waals surface area contributed by atoms with Crippen LogP contribution in [0.3, 0.4) is 0 Å². The Kier molecular flexibility index (Phi) is 4.53. The molecule has 0 atom stereocenters. The van der Waals surface area contributed by atoms with Crippen LogP contribution in [0.15, 0.2) is 48.5 Å². The summed E-state index contributed by atoms with van der Waals surface area (Å²) in [7, 11) is 2.07. The molecule has 0 heterocycles. The first kappa shape index (κ1) is 14.3. The second kappa shape index (κ2) is 6.35. The van der Waals surface area contributed by atoms with Gasteiger partial charge in [-0.1, -0.05) is 36.4 Å². The smallest absolute Gasteiger partial charge is 0.335 e. The first-order valence-corrected chi connectivity index (χ1v) is 6.61. The minimum atomic E-state index is -0.878. The number of aryl methyl sites for hydroxylation is 1. The van der Waals surface area contributed by atoms with Crippen molar-refractivity contribution in [1.82, 2.24) is 4.90 Å². The largest absolute Gasteiger partial charge is 0.478 e. The van der Waals surface area contributed by atoms with E-state index in [1.54, 1.807) is 12.1 Å². The number of carboxylic acids is 1. The number of nitrogens with zero attached hydrogens (tertiary/aromatic N) is 1. The van der Waals surface area contributed by atoms with Gasteiger partial charge in [0.25, 0.3) is 0 Å². The van der Waals surface area contributed by atoms with Crippen molar-refractivity contribution >= 4 is 5.97 Å². The quantitative estimate of drug-likeness (QED) is 0.905. The molecule has 0 amide bonds. The molecule has 104 valence electrons. The third-order valence-electron chi connectivity index (χ3n) is 3.33. The minimum Gasteiger partial charge on any atom is -0.478 e. The molecule has 0 aliphatic carbocycles. The van der Waals surface area contributed by atoms with Gasteiger partial charge in [0.2, 0.25) is 0 Å². The molecule has 0 aliphatic rings. The zero-order valence-electron chi connectivity index (χ0n) is 11.8. The third kappa shape index (κ3) is 3.68. The van der Waals surface area contributed by atoms with Gasteiger partial charge in [-0.15, -0.1) is 0 Å². The Hall–Kier alpha value is -2.13. The maximum absolute atomic E-state index is 10.9. The van der Waals surface area contributed by atoms with Crippen molar-refractivity contribution in [3.05, 3.63) is 70.8 Å². The molecule has 20 heavy (non-hydrogen) atoms. The molecule has 0 radical (unpaired) electrons.